The lowest BCUT2D eigenvalue weighted by atomic mass is 10.1. The van der Waals surface area contributed by atoms with E-state index < -0.39 is 0 Å². The van der Waals surface area contributed by atoms with Crippen molar-refractivity contribution in [3.05, 3.63) is 0 Å². The molecule has 0 rings (SSSR count). The van der Waals surface area contributed by atoms with E-state index in [0.29, 0.717) is 0 Å². The average Bonchev–Trinajstić information content (AvgIpc) is 2.44. The van der Waals surface area contributed by atoms with Gasteiger partial charge >= 0.3 is 0 Å². The second-order valence-corrected chi connectivity index (χ2v) is 5.89. The van der Waals surface area contributed by atoms with Crippen molar-refractivity contribution in [3.8, 4) is 0 Å². The van der Waals surface area contributed by atoms with Gasteiger partial charge in [0.05, 0.1) is 5.49 Å². The Bertz CT molecular complexity index is 166. The second kappa shape index (κ2) is 15.9. The zero-order valence-corrected chi connectivity index (χ0v) is 14.1. The number of unbranched alkanes of at least 4 members (excludes halogenated alkanes) is 10. The first-order valence-corrected chi connectivity index (χ1v) is 9.01. The van der Waals surface area contributed by atoms with Crippen LogP contribution >= 0.6 is 12.2 Å². The van der Waals surface area contributed by atoms with E-state index in [-0.39, 0.29) is 0 Å². The molecule has 1 nitrogen and oxygen atoms in total. The van der Waals surface area contributed by atoms with Crippen molar-refractivity contribution in [2.45, 2.75) is 90.9 Å². The van der Waals surface area contributed by atoms with Gasteiger partial charge in [-0.15, -0.1) is 0 Å². The molecular weight excluding hydrogens is 250 g/mol. The Morgan fingerprint density at radius 1 is 0.632 bits per heavy atom. The van der Waals surface area contributed by atoms with E-state index in [9.17, 15) is 0 Å². The lowest BCUT2D eigenvalue weighted by Gasteiger charge is -2.18. The first kappa shape index (κ1) is 18.9. The normalized spacial score (nSPS) is 10.6. The van der Waals surface area contributed by atoms with Crippen molar-refractivity contribution in [1.82, 2.24) is 4.90 Å². The quantitative estimate of drug-likeness (QED) is 0.269. The highest BCUT2D eigenvalue weighted by Gasteiger charge is 1.99. The molecule has 0 aromatic heterocycles. The van der Waals surface area contributed by atoms with Gasteiger partial charge < -0.3 is 4.90 Å². The van der Waals surface area contributed by atoms with Crippen molar-refractivity contribution in [2.24, 2.45) is 0 Å². The van der Waals surface area contributed by atoms with E-state index in [4.69, 9.17) is 12.2 Å². The second-order valence-electron chi connectivity index (χ2n) is 5.68. The summed E-state index contributed by atoms with van der Waals surface area (Å²) in [5.41, 5.74) is 1.87. The molecule has 0 unspecified atom stereocenters. The Morgan fingerprint density at radius 3 is 1.37 bits per heavy atom. The van der Waals surface area contributed by atoms with Gasteiger partial charge in [0.1, 0.15) is 0 Å². The van der Waals surface area contributed by atoms with Crippen LogP contribution in [0.2, 0.25) is 0 Å². The maximum Gasteiger partial charge on any atom is 0.0640 e. The lowest BCUT2D eigenvalue weighted by molar-refractivity contribution is 0.398. The van der Waals surface area contributed by atoms with Crippen molar-refractivity contribution < 1.29 is 0 Å². The molecule has 0 aliphatic carbocycles. The third kappa shape index (κ3) is 14.1. The minimum absolute atomic E-state index is 1.17. The van der Waals surface area contributed by atoms with Gasteiger partial charge in [0, 0.05) is 13.1 Å². The smallest absolute Gasteiger partial charge is 0.0640 e. The number of hydrogen-bond donors (Lipinski definition) is 0. The van der Waals surface area contributed by atoms with Crippen LogP contribution in [-0.4, -0.2) is 23.5 Å². The molecule has 0 bridgehead atoms. The molecule has 0 saturated heterocycles. The summed E-state index contributed by atoms with van der Waals surface area (Å²) in [5.74, 6) is 0. The van der Waals surface area contributed by atoms with Gasteiger partial charge in [0.2, 0.25) is 0 Å². The predicted molar refractivity (Wildman–Crippen MR) is 92.0 cm³/mol. The summed E-state index contributed by atoms with van der Waals surface area (Å²) in [4.78, 5) is 2.34. The third-order valence-corrected chi connectivity index (χ3v) is 4.04. The van der Waals surface area contributed by atoms with E-state index in [2.05, 4.69) is 18.7 Å². The monoisotopic (exact) mass is 285 g/mol. The molecule has 0 amide bonds. The molecule has 0 spiro atoms. The van der Waals surface area contributed by atoms with Crippen molar-refractivity contribution in [2.75, 3.05) is 13.1 Å². The Morgan fingerprint density at radius 2 is 1.00 bits per heavy atom. The molecule has 0 N–H and O–H groups in total. The van der Waals surface area contributed by atoms with Crippen LogP contribution in [0.4, 0.5) is 0 Å². The van der Waals surface area contributed by atoms with Crippen molar-refractivity contribution >= 4 is 17.7 Å². The highest BCUT2D eigenvalue weighted by molar-refractivity contribution is 7.78. The molecule has 19 heavy (non-hydrogen) atoms. The van der Waals surface area contributed by atoms with Gasteiger partial charge in [0.15, 0.2) is 0 Å². The molecule has 0 aliphatic rings. The number of rotatable bonds is 15. The highest BCUT2D eigenvalue weighted by Crippen LogP contribution is 2.08. The fourth-order valence-electron chi connectivity index (χ4n) is 2.41. The molecule has 0 heterocycles. The highest BCUT2D eigenvalue weighted by atomic mass is 32.1. The van der Waals surface area contributed by atoms with Crippen LogP contribution in [0.3, 0.4) is 0 Å². The molecular formula is C17H35NS. The number of thiocarbonyl (C=S) groups is 1. The predicted octanol–water partition coefficient (Wildman–Crippen LogP) is 5.97. The maximum atomic E-state index is 5.11. The topological polar surface area (TPSA) is 3.24 Å². The van der Waals surface area contributed by atoms with Gasteiger partial charge in [-0.2, -0.15) is 0 Å². The lowest BCUT2D eigenvalue weighted by Crippen LogP contribution is -2.23. The molecule has 0 aromatic rings. The van der Waals surface area contributed by atoms with Crippen molar-refractivity contribution in [3.63, 3.8) is 0 Å². The average molecular weight is 286 g/mol. The Kier molecular flexibility index (Phi) is 15.9. The van der Waals surface area contributed by atoms with E-state index >= 15 is 0 Å². The minimum Gasteiger partial charge on any atom is -0.369 e. The standard InChI is InChI=1S/C17H35NS/c1-3-5-7-9-11-13-15-18(17-19)16-14-12-10-8-6-4-2/h17H,3-16H2,1-2H3. The van der Waals surface area contributed by atoms with E-state index in [1.807, 2.05) is 5.49 Å². The first-order chi connectivity index (χ1) is 9.35. The molecule has 114 valence electrons. The summed E-state index contributed by atoms with van der Waals surface area (Å²) >= 11 is 5.11. The summed E-state index contributed by atoms with van der Waals surface area (Å²) < 4.78 is 0. The Hall–Kier alpha value is -0.110. The first-order valence-electron chi connectivity index (χ1n) is 8.54. The van der Waals surface area contributed by atoms with E-state index in [1.165, 1.54) is 90.1 Å². The van der Waals surface area contributed by atoms with Crippen LogP contribution in [0.1, 0.15) is 90.9 Å². The zero-order valence-electron chi connectivity index (χ0n) is 13.3. The number of hydrogen-bond acceptors (Lipinski definition) is 1. The SMILES string of the molecule is CCCCCCCCN(C=S)CCCCCCCC. The Labute approximate surface area is 127 Å². The third-order valence-electron chi connectivity index (χ3n) is 3.75. The van der Waals surface area contributed by atoms with Crippen LogP contribution in [0.5, 0.6) is 0 Å². The van der Waals surface area contributed by atoms with Crippen LogP contribution in [0.25, 0.3) is 0 Å². The Balaban J connectivity index is 3.32. The van der Waals surface area contributed by atoms with Gasteiger partial charge in [0.25, 0.3) is 0 Å². The fourth-order valence-corrected chi connectivity index (χ4v) is 2.62. The summed E-state index contributed by atoms with van der Waals surface area (Å²) in [6.07, 6.45) is 16.5. The van der Waals surface area contributed by atoms with Gasteiger partial charge in [-0.25, -0.2) is 0 Å². The molecule has 0 atom stereocenters. The van der Waals surface area contributed by atoms with Crippen LogP contribution < -0.4 is 0 Å². The number of nitrogens with zero attached hydrogens (tertiary/aromatic N) is 1. The summed E-state index contributed by atoms with van der Waals surface area (Å²) in [5, 5.41) is 0. The largest absolute Gasteiger partial charge is 0.369 e. The van der Waals surface area contributed by atoms with Gasteiger partial charge in [-0.05, 0) is 12.8 Å². The zero-order chi connectivity index (χ0) is 14.2. The molecule has 0 fully saturated rings. The van der Waals surface area contributed by atoms with Crippen LogP contribution in [-0.2, 0) is 0 Å². The fraction of sp³-hybridized carbons (Fsp3) is 0.941. The maximum absolute atomic E-state index is 5.11. The van der Waals surface area contributed by atoms with E-state index in [0.717, 1.165) is 0 Å². The molecule has 0 aliphatic heterocycles. The molecule has 0 aromatic carbocycles. The molecule has 2 heteroatoms. The minimum atomic E-state index is 1.17. The van der Waals surface area contributed by atoms with Gasteiger partial charge in [-0.3, -0.25) is 0 Å². The van der Waals surface area contributed by atoms with E-state index in [1.54, 1.807) is 0 Å². The van der Waals surface area contributed by atoms with Crippen LogP contribution in [0, 0.1) is 0 Å². The van der Waals surface area contributed by atoms with Crippen LogP contribution in [0.15, 0.2) is 0 Å². The molecule has 0 saturated carbocycles. The molecule has 0 radical (unpaired) electrons. The summed E-state index contributed by atoms with van der Waals surface area (Å²) in [6.45, 7) is 6.89. The summed E-state index contributed by atoms with van der Waals surface area (Å²) in [7, 11) is 0. The van der Waals surface area contributed by atoms with Gasteiger partial charge in [-0.1, -0.05) is 90.3 Å². The van der Waals surface area contributed by atoms with Crippen molar-refractivity contribution in [1.29, 1.82) is 0 Å². The summed E-state index contributed by atoms with van der Waals surface area (Å²) in [6, 6.07) is 0.